The van der Waals surface area contributed by atoms with Gasteiger partial charge in [-0.25, -0.2) is 14.2 Å². The first-order valence-electron chi connectivity index (χ1n) is 7.86. The number of hydrogen-bond acceptors (Lipinski definition) is 5. The van der Waals surface area contributed by atoms with Gasteiger partial charge in [0, 0.05) is 23.7 Å². The standard InChI is InChI=1S/C16H12F3N5O3/c17-16(18,19)7-24-15(20-8-21-24)23-6-11-10-5-9(14(25)26)1-2-13(10)27-4-3-12(11)22-23/h1-2,5-6,8H,3-4,7H2,(H,25,26). The number of hydrogen-bond donors (Lipinski definition) is 1. The van der Waals surface area contributed by atoms with Crippen LogP contribution < -0.4 is 4.74 Å². The second-order valence-electron chi connectivity index (χ2n) is 5.88. The molecule has 0 aliphatic carbocycles. The van der Waals surface area contributed by atoms with E-state index in [4.69, 9.17) is 4.74 Å². The molecule has 3 heterocycles. The van der Waals surface area contributed by atoms with Crippen molar-refractivity contribution in [2.24, 2.45) is 0 Å². The van der Waals surface area contributed by atoms with Crippen molar-refractivity contribution < 1.29 is 27.8 Å². The van der Waals surface area contributed by atoms with Crippen molar-refractivity contribution in [2.75, 3.05) is 6.61 Å². The van der Waals surface area contributed by atoms with Crippen LogP contribution in [0.1, 0.15) is 16.1 Å². The minimum atomic E-state index is -4.45. The van der Waals surface area contributed by atoms with E-state index in [1.54, 1.807) is 6.07 Å². The number of aromatic nitrogens is 5. The lowest BCUT2D eigenvalue weighted by atomic mass is 10.0. The second-order valence-corrected chi connectivity index (χ2v) is 5.88. The SMILES string of the molecule is O=C(O)c1ccc2c(c1)-c1cn(-c3ncnn3CC(F)(F)F)nc1CCO2. The minimum Gasteiger partial charge on any atom is -0.493 e. The van der Waals surface area contributed by atoms with Crippen LogP contribution >= 0.6 is 0 Å². The first kappa shape index (κ1) is 17.1. The number of rotatable bonds is 3. The maximum Gasteiger partial charge on any atom is 0.408 e. The molecule has 2 aromatic heterocycles. The van der Waals surface area contributed by atoms with Crippen LogP contribution in [0, 0.1) is 0 Å². The summed E-state index contributed by atoms with van der Waals surface area (Å²) in [5.74, 6) is -0.701. The molecule has 0 spiro atoms. The largest absolute Gasteiger partial charge is 0.493 e. The Morgan fingerprint density at radius 1 is 1.30 bits per heavy atom. The summed E-state index contributed by atoms with van der Waals surface area (Å²) >= 11 is 0. The molecule has 1 aliphatic rings. The quantitative estimate of drug-likeness (QED) is 0.751. The Labute approximate surface area is 149 Å². The summed E-state index contributed by atoms with van der Waals surface area (Å²) in [5.41, 5.74) is 1.72. The molecule has 140 valence electrons. The molecule has 0 atom stereocenters. The van der Waals surface area contributed by atoms with E-state index < -0.39 is 18.7 Å². The Morgan fingerprint density at radius 2 is 2.11 bits per heavy atom. The van der Waals surface area contributed by atoms with Gasteiger partial charge in [-0.2, -0.15) is 28.4 Å². The third-order valence-corrected chi connectivity index (χ3v) is 4.03. The second kappa shape index (κ2) is 6.11. The number of carbonyl (C=O) groups is 1. The molecule has 0 bridgehead atoms. The highest BCUT2D eigenvalue weighted by atomic mass is 19.4. The van der Waals surface area contributed by atoms with E-state index in [-0.39, 0.29) is 11.5 Å². The zero-order valence-corrected chi connectivity index (χ0v) is 13.6. The molecule has 1 aliphatic heterocycles. The number of halogens is 3. The summed E-state index contributed by atoms with van der Waals surface area (Å²) in [6.07, 6.45) is -1.52. The number of ether oxygens (including phenoxy) is 1. The number of alkyl halides is 3. The summed E-state index contributed by atoms with van der Waals surface area (Å²) in [4.78, 5) is 15.1. The lowest BCUT2D eigenvalue weighted by molar-refractivity contribution is -0.142. The van der Waals surface area contributed by atoms with Crippen LogP contribution in [0.25, 0.3) is 17.1 Å². The fourth-order valence-electron chi connectivity index (χ4n) is 2.90. The van der Waals surface area contributed by atoms with Crippen molar-refractivity contribution in [3.05, 3.63) is 42.0 Å². The van der Waals surface area contributed by atoms with Crippen molar-refractivity contribution in [3.8, 4) is 22.8 Å². The maximum atomic E-state index is 12.7. The van der Waals surface area contributed by atoms with Crippen molar-refractivity contribution in [1.29, 1.82) is 0 Å². The van der Waals surface area contributed by atoms with Gasteiger partial charge < -0.3 is 9.84 Å². The van der Waals surface area contributed by atoms with Crippen molar-refractivity contribution in [1.82, 2.24) is 24.5 Å². The van der Waals surface area contributed by atoms with Crippen molar-refractivity contribution >= 4 is 5.97 Å². The van der Waals surface area contributed by atoms with Crippen LogP contribution in [0.15, 0.2) is 30.7 Å². The van der Waals surface area contributed by atoms with E-state index >= 15 is 0 Å². The fraction of sp³-hybridized carbons (Fsp3) is 0.250. The summed E-state index contributed by atoms with van der Waals surface area (Å²) in [7, 11) is 0. The lowest BCUT2D eigenvalue weighted by Gasteiger charge is -2.09. The molecule has 8 nitrogen and oxygen atoms in total. The Hall–Kier alpha value is -3.37. The third kappa shape index (κ3) is 3.23. The number of aromatic carboxylic acids is 1. The van der Waals surface area contributed by atoms with Gasteiger partial charge in [-0.15, -0.1) is 0 Å². The molecule has 0 saturated heterocycles. The van der Waals surface area contributed by atoms with Gasteiger partial charge in [-0.3, -0.25) is 0 Å². The van der Waals surface area contributed by atoms with Crippen molar-refractivity contribution in [2.45, 2.75) is 19.1 Å². The lowest BCUT2D eigenvalue weighted by Crippen LogP contribution is -2.21. The van der Waals surface area contributed by atoms with Gasteiger partial charge in [-0.1, -0.05) is 0 Å². The molecule has 0 saturated carbocycles. The van der Waals surface area contributed by atoms with E-state index in [1.807, 2.05) is 0 Å². The smallest absolute Gasteiger partial charge is 0.408 e. The molecule has 27 heavy (non-hydrogen) atoms. The van der Waals surface area contributed by atoms with E-state index in [0.717, 1.165) is 6.33 Å². The van der Waals surface area contributed by atoms with Crippen LogP contribution in [0.3, 0.4) is 0 Å². The Bertz CT molecular complexity index is 1020. The summed E-state index contributed by atoms with van der Waals surface area (Å²) < 4.78 is 45.7. The monoisotopic (exact) mass is 379 g/mol. The Kier molecular flexibility index (Phi) is 3.86. The van der Waals surface area contributed by atoms with Gasteiger partial charge in [0.15, 0.2) is 0 Å². The summed E-state index contributed by atoms with van der Waals surface area (Å²) in [5, 5.41) is 17.1. The van der Waals surface area contributed by atoms with Gasteiger partial charge in [0.05, 0.1) is 17.9 Å². The molecule has 4 rings (SSSR count). The van der Waals surface area contributed by atoms with E-state index in [2.05, 4.69) is 15.2 Å². The van der Waals surface area contributed by atoms with Crippen LogP contribution in [-0.4, -0.2) is 48.4 Å². The van der Waals surface area contributed by atoms with Crippen LogP contribution in [0.5, 0.6) is 5.75 Å². The first-order valence-corrected chi connectivity index (χ1v) is 7.86. The summed E-state index contributed by atoms with van der Waals surface area (Å²) in [6, 6.07) is 4.43. The Morgan fingerprint density at radius 3 is 2.85 bits per heavy atom. The molecule has 1 aromatic carbocycles. The molecule has 0 amide bonds. The van der Waals surface area contributed by atoms with Crippen LogP contribution in [-0.2, 0) is 13.0 Å². The van der Waals surface area contributed by atoms with Gasteiger partial charge in [0.1, 0.15) is 18.6 Å². The minimum absolute atomic E-state index is 0.0678. The third-order valence-electron chi connectivity index (χ3n) is 4.03. The maximum absolute atomic E-state index is 12.7. The van der Waals surface area contributed by atoms with E-state index in [0.29, 0.717) is 40.3 Å². The summed E-state index contributed by atoms with van der Waals surface area (Å²) in [6.45, 7) is -0.992. The van der Waals surface area contributed by atoms with Gasteiger partial charge in [-0.05, 0) is 18.2 Å². The molecule has 1 N–H and O–H groups in total. The van der Waals surface area contributed by atoms with Gasteiger partial charge >= 0.3 is 12.1 Å². The van der Waals surface area contributed by atoms with Gasteiger partial charge in [0.2, 0.25) is 5.95 Å². The number of benzene rings is 1. The number of fused-ring (bicyclic) bond motifs is 3. The van der Waals surface area contributed by atoms with Crippen LogP contribution in [0.2, 0.25) is 0 Å². The molecule has 0 unspecified atom stereocenters. The zero-order valence-electron chi connectivity index (χ0n) is 13.6. The molecular weight excluding hydrogens is 367 g/mol. The molecular formula is C16H12F3N5O3. The van der Waals surface area contributed by atoms with Crippen molar-refractivity contribution in [3.63, 3.8) is 0 Å². The number of nitrogens with zero attached hydrogens (tertiary/aromatic N) is 5. The molecule has 3 aromatic rings. The predicted octanol–water partition coefficient (Wildman–Crippen LogP) is 2.33. The molecule has 11 heteroatoms. The molecule has 0 radical (unpaired) electrons. The normalized spacial score (nSPS) is 13.4. The number of carboxylic acids is 1. The highest BCUT2D eigenvalue weighted by Gasteiger charge is 2.30. The fourth-order valence-corrected chi connectivity index (χ4v) is 2.90. The average molecular weight is 379 g/mol. The highest BCUT2D eigenvalue weighted by Crippen LogP contribution is 2.36. The van der Waals surface area contributed by atoms with E-state index in [9.17, 15) is 23.1 Å². The van der Waals surface area contributed by atoms with Gasteiger partial charge in [0.25, 0.3) is 0 Å². The zero-order chi connectivity index (χ0) is 19.2. The number of carboxylic acid groups (broad SMARTS) is 1. The molecule has 0 fully saturated rings. The highest BCUT2D eigenvalue weighted by molar-refractivity contribution is 5.90. The van der Waals surface area contributed by atoms with E-state index in [1.165, 1.54) is 23.0 Å². The average Bonchev–Trinajstić information content (AvgIpc) is 3.16. The van der Waals surface area contributed by atoms with Crippen LogP contribution in [0.4, 0.5) is 13.2 Å². The Balaban J connectivity index is 1.81. The predicted molar refractivity (Wildman–Crippen MR) is 84.8 cm³/mol. The topological polar surface area (TPSA) is 95.1 Å². The first-order chi connectivity index (χ1) is 12.8.